The number of para-hydroxylation sites is 1. The molecule has 0 saturated carbocycles. The summed E-state index contributed by atoms with van der Waals surface area (Å²) in [6.45, 7) is -0.757. The third kappa shape index (κ3) is 8.48. The first-order valence-electron chi connectivity index (χ1n) is 14.8. The standard InChI is InChI=1S/C29H36FN7O9/c30-10-11-31-27(42)22-7-4-12-36(22)23(38)18-46-24-17-21(33-37(24)19-5-2-1-3-6-19)26(41)32-20(8-9-25(39)40)28(43)34-13-15-35(16-14-34)29(44)45/h1-3,5-6,17,20,22H,4,7-16,18H2,(H,31,42)(H,32,41)(H,39,40)(H,44,45). The summed E-state index contributed by atoms with van der Waals surface area (Å²) in [5.74, 6) is -3.46. The fourth-order valence-electron chi connectivity index (χ4n) is 5.27. The van der Waals surface area contributed by atoms with Crippen LogP contribution in [0.25, 0.3) is 5.69 Å². The molecule has 2 fully saturated rings. The van der Waals surface area contributed by atoms with E-state index >= 15 is 0 Å². The molecule has 0 aliphatic carbocycles. The SMILES string of the molecule is O=C(O)CCC(NC(=O)c1cc(OCC(=O)N2CCCC2C(=O)NCCF)n(-c2ccccc2)n1)C(=O)N1CCN(C(=O)O)CC1. The second kappa shape index (κ2) is 15.7. The van der Waals surface area contributed by atoms with Crippen molar-refractivity contribution in [3.63, 3.8) is 0 Å². The number of alkyl halides is 1. The molecule has 1 aromatic carbocycles. The fourth-order valence-corrected chi connectivity index (χ4v) is 5.27. The van der Waals surface area contributed by atoms with Crippen molar-refractivity contribution >= 4 is 35.7 Å². The number of piperazine rings is 1. The van der Waals surface area contributed by atoms with Gasteiger partial charge >= 0.3 is 12.1 Å². The van der Waals surface area contributed by atoms with E-state index in [1.54, 1.807) is 30.3 Å². The molecular weight excluding hydrogens is 609 g/mol. The van der Waals surface area contributed by atoms with Crippen LogP contribution in [0.5, 0.6) is 5.88 Å². The number of carboxylic acids is 1. The van der Waals surface area contributed by atoms with Gasteiger partial charge in [-0.2, -0.15) is 5.10 Å². The van der Waals surface area contributed by atoms with Gasteiger partial charge in [0.25, 0.3) is 11.8 Å². The number of ether oxygens (including phenoxy) is 1. The van der Waals surface area contributed by atoms with E-state index in [2.05, 4.69) is 15.7 Å². The maximum atomic E-state index is 13.4. The minimum Gasteiger partial charge on any atom is -0.481 e. The van der Waals surface area contributed by atoms with Crippen molar-refractivity contribution in [2.24, 2.45) is 0 Å². The summed E-state index contributed by atoms with van der Waals surface area (Å²) in [6.07, 6.45) is -0.734. The molecule has 17 heteroatoms. The van der Waals surface area contributed by atoms with Crippen LogP contribution in [-0.2, 0) is 19.2 Å². The third-order valence-corrected chi connectivity index (χ3v) is 7.64. The van der Waals surface area contributed by atoms with Crippen LogP contribution in [0.4, 0.5) is 9.18 Å². The number of carboxylic acid groups (broad SMARTS) is 2. The van der Waals surface area contributed by atoms with Gasteiger partial charge in [0.05, 0.1) is 5.69 Å². The number of halogens is 1. The molecule has 16 nitrogen and oxygen atoms in total. The number of carbonyl (C=O) groups excluding carboxylic acids is 4. The number of benzene rings is 1. The highest BCUT2D eigenvalue weighted by Gasteiger charge is 2.35. The number of hydrogen-bond donors (Lipinski definition) is 4. The Morgan fingerprint density at radius 1 is 1.00 bits per heavy atom. The van der Waals surface area contributed by atoms with Gasteiger partial charge in [-0.3, -0.25) is 24.0 Å². The molecule has 46 heavy (non-hydrogen) atoms. The molecule has 4 rings (SSSR count). The summed E-state index contributed by atoms with van der Waals surface area (Å²) in [6, 6.07) is 7.87. The normalized spacial score (nSPS) is 16.9. The van der Waals surface area contributed by atoms with Crippen molar-refractivity contribution in [2.75, 3.05) is 52.6 Å². The van der Waals surface area contributed by atoms with Crippen molar-refractivity contribution in [1.82, 2.24) is 35.1 Å². The van der Waals surface area contributed by atoms with Crippen LogP contribution < -0.4 is 15.4 Å². The number of likely N-dealkylation sites (tertiary alicyclic amines) is 1. The molecule has 0 radical (unpaired) electrons. The van der Waals surface area contributed by atoms with E-state index in [-0.39, 0.29) is 50.7 Å². The first-order valence-corrected chi connectivity index (χ1v) is 14.8. The zero-order valence-corrected chi connectivity index (χ0v) is 25.0. The molecule has 4 N–H and O–H groups in total. The maximum Gasteiger partial charge on any atom is 0.407 e. The Labute approximate surface area is 263 Å². The van der Waals surface area contributed by atoms with Crippen molar-refractivity contribution in [1.29, 1.82) is 0 Å². The molecule has 2 saturated heterocycles. The number of carbonyl (C=O) groups is 6. The second-order valence-corrected chi connectivity index (χ2v) is 10.7. The molecule has 2 aromatic rings. The number of rotatable bonds is 13. The monoisotopic (exact) mass is 645 g/mol. The number of amides is 5. The molecule has 0 bridgehead atoms. The van der Waals surface area contributed by atoms with Crippen molar-refractivity contribution in [3.05, 3.63) is 42.1 Å². The second-order valence-electron chi connectivity index (χ2n) is 10.7. The Morgan fingerprint density at radius 2 is 1.70 bits per heavy atom. The van der Waals surface area contributed by atoms with Gasteiger partial charge in [0.15, 0.2) is 12.3 Å². The van der Waals surface area contributed by atoms with E-state index in [0.29, 0.717) is 25.1 Å². The Kier molecular flexibility index (Phi) is 11.5. The van der Waals surface area contributed by atoms with Gasteiger partial charge in [0, 0.05) is 51.8 Å². The fraction of sp³-hybridized carbons (Fsp3) is 0.483. The molecule has 2 aliphatic heterocycles. The number of nitrogens with one attached hydrogen (secondary N) is 2. The van der Waals surface area contributed by atoms with Gasteiger partial charge in [0.1, 0.15) is 18.8 Å². The van der Waals surface area contributed by atoms with E-state index in [1.807, 2.05) is 0 Å². The topological polar surface area (TPSA) is 204 Å². The molecule has 5 amide bonds. The van der Waals surface area contributed by atoms with E-state index in [1.165, 1.54) is 20.5 Å². The van der Waals surface area contributed by atoms with Gasteiger partial charge in [-0.1, -0.05) is 18.2 Å². The maximum absolute atomic E-state index is 13.4. The number of nitrogens with zero attached hydrogens (tertiary/aromatic N) is 5. The van der Waals surface area contributed by atoms with Crippen molar-refractivity contribution < 1.29 is 48.1 Å². The lowest BCUT2D eigenvalue weighted by Crippen LogP contribution is -2.55. The predicted molar refractivity (Wildman–Crippen MR) is 157 cm³/mol. The molecule has 248 valence electrons. The Morgan fingerprint density at radius 3 is 2.35 bits per heavy atom. The number of aromatic nitrogens is 2. The van der Waals surface area contributed by atoms with Gasteiger partial charge < -0.3 is 40.3 Å². The van der Waals surface area contributed by atoms with Crippen LogP contribution in [0, 0.1) is 0 Å². The van der Waals surface area contributed by atoms with E-state index in [9.17, 15) is 43.4 Å². The highest BCUT2D eigenvalue weighted by molar-refractivity contribution is 5.96. The minimum absolute atomic E-state index is 0.0144. The van der Waals surface area contributed by atoms with E-state index in [4.69, 9.17) is 4.74 Å². The average Bonchev–Trinajstić information content (AvgIpc) is 3.73. The van der Waals surface area contributed by atoms with Crippen LogP contribution >= 0.6 is 0 Å². The highest BCUT2D eigenvalue weighted by atomic mass is 19.1. The number of hydrogen-bond acceptors (Lipinski definition) is 8. The lowest BCUT2D eigenvalue weighted by atomic mass is 10.1. The first-order chi connectivity index (χ1) is 22.1. The molecular formula is C29H36FN7O9. The molecule has 3 heterocycles. The molecule has 0 spiro atoms. The molecule has 1 aromatic heterocycles. The zero-order valence-electron chi connectivity index (χ0n) is 25.0. The summed E-state index contributed by atoms with van der Waals surface area (Å²) < 4.78 is 19.6. The Balaban J connectivity index is 1.49. The summed E-state index contributed by atoms with van der Waals surface area (Å²) in [5.41, 5.74) is 0.309. The van der Waals surface area contributed by atoms with Crippen LogP contribution in [0.15, 0.2) is 36.4 Å². The van der Waals surface area contributed by atoms with E-state index < -0.39 is 67.5 Å². The molecule has 2 aliphatic rings. The van der Waals surface area contributed by atoms with E-state index in [0.717, 1.165) is 4.90 Å². The smallest absolute Gasteiger partial charge is 0.407 e. The van der Waals surface area contributed by atoms with Crippen molar-refractivity contribution in [2.45, 2.75) is 37.8 Å². The summed E-state index contributed by atoms with van der Waals surface area (Å²) >= 11 is 0. The highest BCUT2D eigenvalue weighted by Crippen LogP contribution is 2.22. The van der Waals surface area contributed by atoms with Crippen LogP contribution in [-0.4, -0.2) is 135 Å². The molecule has 2 atom stereocenters. The molecule has 2 unspecified atom stereocenters. The van der Waals surface area contributed by atoms with Gasteiger partial charge in [-0.15, -0.1) is 0 Å². The van der Waals surface area contributed by atoms with Crippen molar-refractivity contribution in [3.8, 4) is 11.6 Å². The largest absolute Gasteiger partial charge is 0.481 e. The van der Waals surface area contributed by atoms with Gasteiger partial charge in [-0.05, 0) is 31.4 Å². The summed E-state index contributed by atoms with van der Waals surface area (Å²) in [5, 5.41) is 27.7. The zero-order chi connectivity index (χ0) is 33.2. The van der Waals surface area contributed by atoms with Crippen LogP contribution in [0.3, 0.4) is 0 Å². The summed E-state index contributed by atoms with van der Waals surface area (Å²) in [4.78, 5) is 78.6. The predicted octanol–water partition coefficient (Wildman–Crippen LogP) is 0.113. The Bertz CT molecular complexity index is 1430. The quantitative estimate of drug-likeness (QED) is 0.232. The number of aliphatic carboxylic acids is 1. The summed E-state index contributed by atoms with van der Waals surface area (Å²) in [7, 11) is 0. The Hall–Kier alpha value is -5.22. The average molecular weight is 646 g/mol. The van der Waals surface area contributed by atoms with Gasteiger partial charge in [0.2, 0.25) is 17.7 Å². The van der Waals surface area contributed by atoms with Crippen LogP contribution in [0.1, 0.15) is 36.2 Å². The lowest BCUT2D eigenvalue weighted by Gasteiger charge is -2.35. The lowest BCUT2D eigenvalue weighted by molar-refractivity contribution is -0.140. The van der Waals surface area contributed by atoms with Gasteiger partial charge in [-0.25, -0.2) is 13.9 Å². The first kappa shape index (κ1) is 33.7. The van der Waals surface area contributed by atoms with Crippen LogP contribution in [0.2, 0.25) is 0 Å². The minimum atomic E-state index is -1.23. The third-order valence-electron chi connectivity index (χ3n) is 7.64.